The maximum absolute atomic E-state index is 13.6. The summed E-state index contributed by atoms with van der Waals surface area (Å²) in [6.45, 7) is 1.73. The van der Waals surface area contributed by atoms with E-state index < -0.39 is 35.2 Å². The average molecular weight is 520 g/mol. The smallest absolute Gasteiger partial charge is 0.417 e. The molecule has 192 valence electrons. The fraction of sp³-hybridized carbons (Fsp3) is 0.409. The van der Waals surface area contributed by atoms with E-state index in [1.54, 1.807) is 13.0 Å². The summed E-state index contributed by atoms with van der Waals surface area (Å²) in [7, 11) is 1.50. The number of ether oxygens (including phenoxy) is 1. The Bertz CT molecular complexity index is 1020. The Hall–Kier alpha value is -3.12. The summed E-state index contributed by atoms with van der Waals surface area (Å²) in [6.07, 6.45) is -4.04. The van der Waals surface area contributed by atoms with E-state index in [1.165, 1.54) is 24.1 Å². The van der Waals surface area contributed by atoms with Crippen LogP contribution < -0.4 is 16.4 Å². The van der Waals surface area contributed by atoms with Crippen LogP contribution in [0.3, 0.4) is 0 Å². The number of pyridine rings is 1. The van der Waals surface area contributed by atoms with Crippen molar-refractivity contribution < 1.29 is 31.9 Å². The Balaban J connectivity index is 2.00. The number of nitrogens with one attached hydrogen (secondary N) is 2. The molecule has 2 aromatic rings. The molecule has 0 aliphatic rings. The number of carbonyl (C=O) groups excluding carboxylic acids is 2. The van der Waals surface area contributed by atoms with Crippen LogP contribution in [0.1, 0.15) is 30.9 Å². The lowest BCUT2D eigenvalue weighted by molar-refractivity contribution is -0.137. The van der Waals surface area contributed by atoms with E-state index in [1.807, 2.05) is 0 Å². The number of nitrogens with zero attached hydrogens (tertiary/aromatic N) is 2. The number of anilines is 1. The highest BCUT2D eigenvalue weighted by Gasteiger charge is 2.34. The number of rotatable bonds is 9. The molecule has 8 nitrogen and oxygen atoms in total. The van der Waals surface area contributed by atoms with Gasteiger partial charge >= 0.3 is 18.3 Å². The third-order valence-corrected chi connectivity index (χ3v) is 5.75. The second-order valence-electron chi connectivity index (χ2n) is 7.95. The molecule has 0 radical (unpaired) electrons. The number of alkyl halides is 3. The van der Waals surface area contributed by atoms with Gasteiger partial charge in [0.15, 0.2) is 0 Å². The number of hydrogen-bond acceptors (Lipinski definition) is 5. The van der Waals surface area contributed by atoms with Crippen LogP contribution in [-0.2, 0) is 17.5 Å². The van der Waals surface area contributed by atoms with Gasteiger partial charge in [-0.05, 0) is 50.1 Å². The molecule has 35 heavy (non-hydrogen) atoms. The highest BCUT2D eigenvalue weighted by molar-refractivity contribution is 6.31. The van der Waals surface area contributed by atoms with Gasteiger partial charge in [-0.25, -0.2) is 19.0 Å². The molecule has 0 aliphatic carbocycles. The lowest BCUT2D eigenvalue weighted by atomic mass is 9.95. The van der Waals surface area contributed by atoms with Crippen molar-refractivity contribution in [2.45, 2.75) is 38.0 Å². The molecular weight excluding hydrogens is 494 g/mol. The highest BCUT2D eigenvalue weighted by Crippen LogP contribution is 2.29. The van der Waals surface area contributed by atoms with Gasteiger partial charge in [0.05, 0.1) is 16.1 Å². The van der Waals surface area contributed by atoms with Gasteiger partial charge in [-0.3, -0.25) is 5.32 Å². The van der Waals surface area contributed by atoms with Crippen LogP contribution in [0.5, 0.6) is 0 Å². The van der Waals surface area contributed by atoms with Gasteiger partial charge in [-0.1, -0.05) is 23.7 Å². The lowest BCUT2D eigenvalue weighted by Crippen LogP contribution is -2.54. The minimum atomic E-state index is -4.55. The zero-order chi connectivity index (χ0) is 26.2. The summed E-state index contributed by atoms with van der Waals surface area (Å²) < 4.78 is 56.8. The first kappa shape index (κ1) is 28.1. The number of likely N-dealkylation sites (N-methyl/N-ethyl adjacent to an activating group) is 1. The van der Waals surface area contributed by atoms with Crippen LogP contribution in [0, 0.1) is 5.82 Å². The van der Waals surface area contributed by atoms with E-state index in [4.69, 9.17) is 22.1 Å². The second-order valence-corrected chi connectivity index (χ2v) is 8.33. The Morgan fingerprint density at radius 3 is 2.54 bits per heavy atom. The van der Waals surface area contributed by atoms with Gasteiger partial charge in [-0.15, -0.1) is 0 Å². The molecule has 0 unspecified atom stereocenters. The summed E-state index contributed by atoms with van der Waals surface area (Å²) in [4.78, 5) is 29.8. The number of nitrogens with two attached hydrogens (primary N) is 1. The summed E-state index contributed by atoms with van der Waals surface area (Å²) in [5.74, 6) is -0.744. The molecule has 0 aliphatic heterocycles. The molecule has 0 bridgehead atoms. The molecule has 0 spiro atoms. The van der Waals surface area contributed by atoms with Gasteiger partial charge in [-0.2, -0.15) is 13.2 Å². The maximum atomic E-state index is 13.6. The first-order valence-corrected chi connectivity index (χ1v) is 10.9. The summed E-state index contributed by atoms with van der Waals surface area (Å²) in [6, 6.07) is 5.48. The standard InChI is InChI=1S/C22H26ClF4N5O3/c1-21(9-4-10-28,32(2)19(33)30-11-14-5-3-6-16(24)18(14)23)13-35-20(34)31-17-8-7-15(12-29-17)22(25,26)27/h3,5-8,12H,4,9-11,13,28H2,1-2H3,(H,30,33)(H,29,31,34)/t21-/m1/s1. The summed E-state index contributed by atoms with van der Waals surface area (Å²) in [5, 5.41) is 4.78. The number of halogens is 5. The van der Waals surface area contributed by atoms with Crippen LogP contribution in [0.4, 0.5) is 33.0 Å². The maximum Gasteiger partial charge on any atom is 0.417 e. The molecule has 13 heteroatoms. The predicted octanol–water partition coefficient (Wildman–Crippen LogP) is 4.78. The SMILES string of the molecule is CN(C(=O)NCc1cccc(F)c1Cl)[C@](C)(CCCN)COC(=O)Nc1ccc(C(F)(F)F)cn1. The van der Waals surface area contributed by atoms with Gasteiger partial charge in [0.1, 0.15) is 18.2 Å². The van der Waals surface area contributed by atoms with E-state index in [9.17, 15) is 27.2 Å². The lowest BCUT2D eigenvalue weighted by Gasteiger charge is -2.38. The van der Waals surface area contributed by atoms with Crippen LogP contribution in [0.2, 0.25) is 5.02 Å². The van der Waals surface area contributed by atoms with Crippen molar-refractivity contribution in [1.29, 1.82) is 0 Å². The monoisotopic (exact) mass is 519 g/mol. The second kappa shape index (κ2) is 12.0. The third kappa shape index (κ3) is 7.96. The van der Waals surface area contributed by atoms with E-state index in [0.29, 0.717) is 31.1 Å². The molecule has 4 N–H and O–H groups in total. The van der Waals surface area contributed by atoms with Gasteiger partial charge in [0.25, 0.3) is 0 Å². The molecule has 2 rings (SSSR count). The van der Waals surface area contributed by atoms with Crippen LogP contribution in [0.15, 0.2) is 36.5 Å². The zero-order valence-electron chi connectivity index (χ0n) is 19.1. The van der Waals surface area contributed by atoms with Crippen LogP contribution in [-0.4, -0.2) is 47.7 Å². The van der Waals surface area contributed by atoms with E-state index >= 15 is 0 Å². The van der Waals surface area contributed by atoms with Crippen LogP contribution >= 0.6 is 11.6 Å². The number of amides is 3. The molecular formula is C22H26ClF4N5O3. The largest absolute Gasteiger partial charge is 0.447 e. The number of hydrogen-bond donors (Lipinski definition) is 3. The Morgan fingerprint density at radius 2 is 1.94 bits per heavy atom. The molecule has 0 saturated carbocycles. The van der Waals surface area contributed by atoms with Gasteiger partial charge < -0.3 is 20.7 Å². The Kier molecular flexibility index (Phi) is 9.66. The minimum absolute atomic E-state index is 0.0341. The van der Waals surface area contributed by atoms with Crippen molar-refractivity contribution >= 4 is 29.5 Å². The molecule has 1 aromatic carbocycles. The number of carbonyl (C=O) groups is 2. The molecule has 3 amide bonds. The average Bonchev–Trinajstić information content (AvgIpc) is 2.81. The van der Waals surface area contributed by atoms with Crippen molar-refractivity contribution in [1.82, 2.24) is 15.2 Å². The Labute approximate surface area is 204 Å². The third-order valence-electron chi connectivity index (χ3n) is 5.33. The first-order chi connectivity index (χ1) is 16.4. The van der Waals surface area contributed by atoms with E-state index in [-0.39, 0.29) is 24.0 Å². The fourth-order valence-corrected chi connectivity index (χ4v) is 3.23. The summed E-state index contributed by atoms with van der Waals surface area (Å²) in [5.41, 5.74) is 4.04. The van der Waals surface area contributed by atoms with Crippen molar-refractivity contribution in [3.63, 3.8) is 0 Å². The van der Waals surface area contributed by atoms with Gasteiger partial charge in [0.2, 0.25) is 0 Å². The molecule has 0 fully saturated rings. The van der Waals surface area contributed by atoms with Crippen molar-refractivity contribution in [2.75, 3.05) is 25.5 Å². The highest BCUT2D eigenvalue weighted by atomic mass is 35.5. The number of urea groups is 1. The van der Waals surface area contributed by atoms with E-state index in [0.717, 1.165) is 12.1 Å². The zero-order valence-corrected chi connectivity index (χ0v) is 19.8. The quantitative estimate of drug-likeness (QED) is 0.413. The van der Waals surface area contributed by atoms with Gasteiger partial charge in [0, 0.05) is 19.8 Å². The van der Waals surface area contributed by atoms with Crippen molar-refractivity contribution in [3.8, 4) is 0 Å². The fourth-order valence-electron chi connectivity index (χ4n) is 3.04. The Morgan fingerprint density at radius 1 is 1.23 bits per heavy atom. The van der Waals surface area contributed by atoms with Crippen LogP contribution in [0.25, 0.3) is 0 Å². The summed E-state index contributed by atoms with van der Waals surface area (Å²) >= 11 is 5.92. The topological polar surface area (TPSA) is 110 Å². The number of aromatic nitrogens is 1. The number of benzene rings is 1. The minimum Gasteiger partial charge on any atom is -0.447 e. The molecule has 0 saturated heterocycles. The normalized spacial score (nSPS) is 13.0. The van der Waals surface area contributed by atoms with Crippen molar-refractivity contribution in [2.24, 2.45) is 5.73 Å². The predicted molar refractivity (Wildman–Crippen MR) is 122 cm³/mol. The molecule has 1 heterocycles. The van der Waals surface area contributed by atoms with Crippen molar-refractivity contribution in [3.05, 3.63) is 58.5 Å². The first-order valence-electron chi connectivity index (χ1n) is 10.5. The molecule has 1 atom stereocenters. The van der Waals surface area contributed by atoms with E-state index in [2.05, 4.69) is 15.6 Å². The molecule has 1 aromatic heterocycles.